The van der Waals surface area contributed by atoms with E-state index in [2.05, 4.69) is 29.6 Å². The minimum atomic E-state index is 0.00452. The van der Waals surface area contributed by atoms with E-state index in [9.17, 15) is 4.79 Å². The van der Waals surface area contributed by atoms with Crippen LogP contribution in [-0.4, -0.2) is 41.8 Å². The summed E-state index contributed by atoms with van der Waals surface area (Å²) >= 11 is 0. The number of fused-ring (bicyclic) bond motifs is 2. The molecule has 118 valence electrons. The first-order valence-corrected chi connectivity index (χ1v) is 8.48. The van der Waals surface area contributed by atoms with Crippen molar-refractivity contribution in [2.24, 2.45) is 5.92 Å². The molecule has 0 aromatic heterocycles. The average Bonchev–Trinajstić information content (AvgIpc) is 3.43. The van der Waals surface area contributed by atoms with E-state index in [4.69, 9.17) is 5.11 Å². The highest BCUT2D eigenvalue weighted by atomic mass is 16.3. The van der Waals surface area contributed by atoms with Gasteiger partial charge < -0.3 is 15.3 Å². The number of benzene rings is 1. The van der Waals surface area contributed by atoms with Crippen molar-refractivity contribution in [3.63, 3.8) is 0 Å². The summed E-state index contributed by atoms with van der Waals surface area (Å²) in [5.41, 5.74) is 3.35. The molecule has 2 atom stereocenters. The molecular formula is C18H24N2O2. The first kappa shape index (κ1) is 14.1. The van der Waals surface area contributed by atoms with Gasteiger partial charge in [0.15, 0.2) is 0 Å². The van der Waals surface area contributed by atoms with E-state index >= 15 is 0 Å². The number of carbonyl (C=O) groups excluding carboxylic acids is 1. The van der Waals surface area contributed by atoms with Crippen LogP contribution in [0.4, 0.5) is 4.79 Å². The zero-order chi connectivity index (χ0) is 15.2. The first-order chi connectivity index (χ1) is 10.7. The lowest BCUT2D eigenvalue weighted by Crippen LogP contribution is -2.43. The summed E-state index contributed by atoms with van der Waals surface area (Å²) in [5, 5.41) is 12.2. The Morgan fingerprint density at radius 3 is 2.95 bits per heavy atom. The summed E-state index contributed by atoms with van der Waals surface area (Å²) in [7, 11) is 0. The van der Waals surface area contributed by atoms with E-state index in [1.165, 1.54) is 30.4 Å². The van der Waals surface area contributed by atoms with E-state index in [0.29, 0.717) is 23.9 Å². The standard InChI is InChI=1S/C18H24N2O2/c21-10-9-20(15-5-6-15)17(22)19-12-14-11-18(14)8-7-13-3-1-2-4-16(13)18/h1-4,14-15,21H,5-12H2,(H,19,22)/t14-,18-/m1/s1. The van der Waals surface area contributed by atoms with Crippen molar-refractivity contribution < 1.29 is 9.90 Å². The molecule has 1 aromatic carbocycles. The lowest BCUT2D eigenvalue weighted by atomic mass is 9.95. The predicted molar refractivity (Wildman–Crippen MR) is 84.8 cm³/mol. The van der Waals surface area contributed by atoms with Crippen molar-refractivity contribution in [1.82, 2.24) is 10.2 Å². The molecule has 0 saturated heterocycles. The molecule has 4 rings (SSSR count). The zero-order valence-corrected chi connectivity index (χ0v) is 12.9. The molecule has 3 aliphatic rings. The molecular weight excluding hydrogens is 276 g/mol. The fraction of sp³-hybridized carbons (Fsp3) is 0.611. The van der Waals surface area contributed by atoms with Gasteiger partial charge in [-0.2, -0.15) is 0 Å². The van der Waals surface area contributed by atoms with Crippen LogP contribution in [0.2, 0.25) is 0 Å². The fourth-order valence-corrected chi connectivity index (χ4v) is 4.26. The summed E-state index contributed by atoms with van der Waals surface area (Å²) in [6.45, 7) is 1.27. The van der Waals surface area contributed by atoms with Crippen LogP contribution < -0.4 is 5.32 Å². The Balaban J connectivity index is 1.35. The van der Waals surface area contributed by atoms with Gasteiger partial charge in [-0.15, -0.1) is 0 Å². The normalized spacial score (nSPS) is 28.5. The van der Waals surface area contributed by atoms with Crippen LogP contribution >= 0.6 is 0 Å². The molecule has 1 aromatic rings. The molecule has 0 unspecified atom stereocenters. The smallest absolute Gasteiger partial charge is 0.317 e. The van der Waals surface area contributed by atoms with Gasteiger partial charge in [0.1, 0.15) is 0 Å². The van der Waals surface area contributed by atoms with Crippen LogP contribution in [-0.2, 0) is 11.8 Å². The number of amides is 2. The van der Waals surface area contributed by atoms with E-state index in [1.807, 2.05) is 0 Å². The van der Waals surface area contributed by atoms with Gasteiger partial charge in [0.05, 0.1) is 6.61 Å². The number of aryl methyl sites for hydroxylation is 1. The third kappa shape index (κ3) is 2.30. The maximum Gasteiger partial charge on any atom is 0.317 e. The minimum absolute atomic E-state index is 0.00452. The van der Waals surface area contributed by atoms with Gasteiger partial charge in [-0.25, -0.2) is 4.79 Å². The molecule has 22 heavy (non-hydrogen) atoms. The molecule has 1 spiro atoms. The van der Waals surface area contributed by atoms with Crippen molar-refractivity contribution in [3.8, 4) is 0 Å². The topological polar surface area (TPSA) is 52.6 Å². The molecule has 0 bridgehead atoms. The van der Waals surface area contributed by atoms with Crippen LogP contribution in [0, 0.1) is 5.92 Å². The van der Waals surface area contributed by atoms with Gasteiger partial charge in [0.25, 0.3) is 0 Å². The van der Waals surface area contributed by atoms with Crippen LogP contribution in [0.25, 0.3) is 0 Å². The van der Waals surface area contributed by atoms with Crippen molar-refractivity contribution >= 4 is 6.03 Å². The Bertz CT molecular complexity index is 584. The summed E-state index contributed by atoms with van der Waals surface area (Å²) < 4.78 is 0. The molecule has 2 saturated carbocycles. The lowest BCUT2D eigenvalue weighted by Gasteiger charge is -2.22. The molecule has 0 radical (unpaired) electrons. The van der Waals surface area contributed by atoms with Gasteiger partial charge in [0.2, 0.25) is 0 Å². The second kappa shape index (κ2) is 5.27. The number of aliphatic hydroxyl groups excluding tert-OH is 1. The van der Waals surface area contributed by atoms with Crippen molar-refractivity contribution in [2.45, 2.75) is 43.6 Å². The van der Waals surface area contributed by atoms with Gasteiger partial charge >= 0.3 is 6.03 Å². The molecule has 2 amide bonds. The minimum Gasteiger partial charge on any atom is -0.395 e. The van der Waals surface area contributed by atoms with E-state index in [1.54, 1.807) is 4.90 Å². The maximum atomic E-state index is 12.3. The third-order valence-electron chi connectivity index (χ3n) is 5.72. The quantitative estimate of drug-likeness (QED) is 0.874. The zero-order valence-electron chi connectivity index (χ0n) is 12.9. The van der Waals surface area contributed by atoms with Gasteiger partial charge in [-0.05, 0) is 49.1 Å². The SMILES string of the molecule is O=C(NC[C@H]1C[C@]12CCc1ccccc12)N(CCO)C1CC1. The number of hydrogen-bond acceptors (Lipinski definition) is 2. The largest absolute Gasteiger partial charge is 0.395 e. The van der Waals surface area contributed by atoms with E-state index in [0.717, 1.165) is 19.4 Å². The summed E-state index contributed by atoms with van der Waals surface area (Å²) in [6, 6.07) is 9.13. The number of carbonyl (C=O) groups is 1. The molecule has 0 aliphatic heterocycles. The third-order valence-corrected chi connectivity index (χ3v) is 5.72. The number of hydrogen-bond donors (Lipinski definition) is 2. The Kier molecular flexibility index (Phi) is 3.37. The van der Waals surface area contributed by atoms with Crippen LogP contribution in [0.3, 0.4) is 0 Å². The number of nitrogens with one attached hydrogen (secondary N) is 1. The number of urea groups is 1. The molecule has 4 heteroatoms. The van der Waals surface area contributed by atoms with Crippen LogP contribution in [0.15, 0.2) is 24.3 Å². The monoisotopic (exact) mass is 300 g/mol. The summed E-state index contributed by atoms with van der Waals surface area (Å²) in [5.74, 6) is 0.579. The Hall–Kier alpha value is -1.55. The lowest BCUT2D eigenvalue weighted by molar-refractivity contribution is 0.173. The van der Waals surface area contributed by atoms with Gasteiger partial charge in [-0.3, -0.25) is 0 Å². The van der Waals surface area contributed by atoms with Crippen molar-refractivity contribution in [3.05, 3.63) is 35.4 Å². The highest BCUT2D eigenvalue weighted by molar-refractivity contribution is 5.75. The summed E-state index contributed by atoms with van der Waals surface area (Å²) in [4.78, 5) is 14.1. The van der Waals surface area contributed by atoms with Gasteiger partial charge in [0, 0.05) is 24.5 Å². The highest BCUT2D eigenvalue weighted by Crippen LogP contribution is 2.61. The second-order valence-corrected chi connectivity index (χ2v) is 7.05. The Morgan fingerprint density at radius 1 is 1.36 bits per heavy atom. The summed E-state index contributed by atoms with van der Waals surface area (Å²) in [6.07, 6.45) is 5.77. The molecule has 4 nitrogen and oxygen atoms in total. The molecule has 0 heterocycles. The Morgan fingerprint density at radius 2 is 2.18 bits per heavy atom. The first-order valence-electron chi connectivity index (χ1n) is 8.48. The second-order valence-electron chi connectivity index (χ2n) is 7.05. The highest BCUT2D eigenvalue weighted by Gasteiger charge is 2.57. The molecule has 3 aliphatic carbocycles. The maximum absolute atomic E-state index is 12.3. The number of aliphatic hydroxyl groups is 1. The van der Waals surface area contributed by atoms with E-state index < -0.39 is 0 Å². The number of rotatable bonds is 5. The average molecular weight is 300 g/mol. The van der Waals surface area contributed by atoms with Gasteiger partial charge in [-0.1, -0.05) is 24.3 Å². The number of nitrogens with zero attached hydrogens (tertiary/aromatic N) is 1. The van der Waals surface area contributed by atoms with Crippen molar-refractivity contribution in [1.29, 1.82) is 0 Å². The van der Waals surface area contributed by atoms with Crippen LogP contribution in [0.1, 0.15) is 36.8 Å². The molecule has 2 N–H and O–H groups in total. The Labute approximate surface area is 131 Å². The predicted octanol–water partition coefficient (Wildman–Crippen LogP) is 2.06. The van der Waals surface area contributed by atoms with Crippen molar-refractivity contribution in [2.75, 3.05) is 19.7 Å². The molecule has 2 fully saturated rings. The van der Waals surface area contributed by atoms with E-state index in [-0.39, 0.29) is 12.6 Å². The fourth-order valence-electron chi connectivity index (χ4n) is 4.26. The van der Waals surface area contributed by atoms with Crippen LogP contribution in [0.5, 0.6) is 0 Å².